The van der Waals surface area contributed by atoms with Gasteiger partial charge in [0, 0.05) is 16.5 Å². The molecule has 2 aliphatic rings. The fraction of sp³-hybridized carbons (Fsp3) is 0.941. The van der Waals surface area contributed by atoms with Gasteiger partial charge in [-0.1, -0.05) is 12.8 Å². The average Bonchev–Trinajstić information content (AvgIpc) is 2.91. The Morgan fingerprint density at radius 3 is 2.52 bits per heavy atom. The number of thioether (sulfide) groups is 1. The van der Waals surface area contributed by atoms with Gasteiger partial charge in [-0.25, -0.2) is 0 Å². The molecule has 0 saturated heterocycles. The zero-order valence-corrected chi connectivity index (χ0v) is 14.6. The molecular weight excluding hydrogens is 282 g/mol. The first-order valence-corrected chi connectivity index (χ1v) is 9.60. The third kappa shape index (κ3) is 4.62. The van der Waals surface area contributed by atoms with Gasteiger partial charge in [0.25, 0.3) is 0 Å². The van der Waals surface area contributed by atoms with Gasteiger partial charge in [-0.2, -0.15) is 11.8 Å². The first-order chi connectivity index (χ1) is 10.1. The van der Waals surface area contributed by atoms with Crippen LogP contribution in [0.2, 0.25) is 0 Å². The molecule has 0 aromatic heterocycles. The Morgan fingerprint density at radius 1 is 1.24 bits per heavy atom. The quantitative estimate of drug-likeness (QED) is 0.755. The topological polar surface area (TPSA) is 38.3 Å². The van der Waals surface area contributed by atoms with Crippen molar-refractivity contribution in [3.63, 3.8) is 0 Å². The molecule has 0 aromatic rings. The molecule has 0 bridgehead atoms. The first-order valence-electron chi connectivity index (χ1n) is 8.66. The monoisotopic (exact) mass is 313 g/mol. The summed E-state index contributed by atoms with van der Waals surface area (Å²) >= 11 is 2.15. The van der Waals surface area contributed by atoms with Gasteiger partial charge in [0.2, 0.25) is 0 Å². The average molecular weight is 314 g/mol. The molecule has 4 heteroatoms. The predicted molar refractivity (Wildman–Crippen MR) is 89.7 cm³/mol. The lowest BCUT2D eigenvalue weighted by Crippen LogP contribution is -2.58. The lowest BCUT2D eigenvalue weighted by atomic mass is 9.80. The van der Waals surface area contributed by atoms with Crippen molar-refractivity contribution in [3.05, 3.63) is 0 Å². The smallest absolute Gasteiger partial charge is 0.326 e. The highest BCUT2D eigenvalue weighted by Crippen LogP contribution is 2.41. The Bertz CT molecular complexity index is 342. The highest BCUT2D eigenvalue weighted by molar-refractivity contribution is 8.00. The molecule has 0 aliphatic heterocycles. The van der Waals surface area contributed by atoms with Crippen molar-refractivity contribution in [2.24, 2.45) is 0 Å². The number of carbonyl (C=O) groups is 1. The van der Waals surface area contributed by atoms with Crippen LogP contribution in [-0.2, 0) is 9.53 Å². The summed E-state index contributed by atoms with van der Waals surface area (Å²) in [6.45, 7) is 6.61. The van der Waals surface area contributed by atoms with Gasteiger partial charge in [0.1, 0.15) is 5.54 Å². The van der Waals surface area contributed by atoms with E-state index in [2.05, 4.69) is 30.9 Å². The number of hydrogen-bond acceptors (Lipinski definition) is 4. The van der Waals surface area contributed by atoms with Crippen LogP contribution in [-0.4, -0.2) is 34.7 Å². The van der Waals surface area contributed by atoms with E-state index in [9.17, 15) is 4.79 Å². The molecule has 2 aliphatic carbocycles. The van der Waals surface area contributed by atoms with E-state index >= 15 is 0 Å². The minimum atomic E-state index is -0.446. The molecule has 1 N–H and O–H groups in total. The molecule has 21 heavy (non-hydrogen) atoms. The summed E-state index contributed by atoms with van der Waals surface area (Å²) in [5, 5.41) is 4.98. The summed E-state index contributed by atoms with van der Waals surface area (Å²) in [6.07, 6.45) is 9.74. The molecule has 0 aromatic carbocycles. The molecule has 0 radical (unpaired) electrons. The van der Waals surface area contributed by atoms with Crippen molar-refractivity contribution in [3.8, 4) is 0 Å². The summed E-state index contributed by atoms with van der Waals surface area (Å²) in [5.74, 6) is -0.0320. The molecule has 2 rings (SSSR count). The normalized spacial score (nSPS) is 30.8. The second-order valence-corrected chi connectivity index (χ2v) is 8.47. The van der Waals surface area contributed by atoms with Gasteiger partial charge in [-0.15, -0.1) is 0 Å². The molecule has 2 unspecified atom stereocenters. The van der Waals surface area contributed by atoms with Crippen molar-refractivity contribution in [1.29, 1.82) is 0 Å². The third-order valence-electron chi connectivity index (χ3n) is 4.62. The van der Waals surface area contributed by atoms with E-state index in [4.69, 9.17) is 4.74 Å². The number of carbonyl (C=O) groups excluding carboxylic acids is 1. The van der Waals surface area contributed by atoms with Gasteiger partial charge in [0.05, 0.1) is 6.61 Å². The number of nitrogens with one attached hydrogen (secondary N) is 1. The van der Waals surface area contributed by atoms with Crippen molar-refractivity contribution >= 4 is 17.7 Å². The van der Waals surface area contributed by atoms with Crippen molar-refractivity contribution in [1.82, 2.24) is 5.32 Å². The Kier molecular flexibility index (Phi) is 6.42. The van der Waals surface area contributed by atoms with E-state index in [1.807, 2.05) is 6.92 Å². The molecule has 2 saturated carbocycles. The van der Waals surface area contributed by atoms with Crippen LogP contribution in [0, 0.1) is 0 Å². The van der Waals surface area contributed by atoms with Gasteiger partial charge < -0.3 is 4.74 Å². The van der Waals surface area contributed by atoms with Crippen LogP contribution in [0.5, 0.6) is 0 Å². The maximum atomic E-state index is 12.5. The fourth-order valence-corrected chi connectivity index (χ4v) is 5.67. The molecule has 2 atom stereocenters. The van der Waals surface area contributed by atoms with Crippen LogP contribution in [0.25, 0.3) is 0 Å². The molecule has 0 amide bonds. The number of esters is 1. The van der Waals surface area contributed by atoms with E-state index in [0.717, 1.165) is 24.5 Å². The molecule has 122 valence electrons. The van der Waals surface area contributed by atoms with Gasteiger partial charge >= 0.3 is 5.97 Å². The van der Waals surface area contributed by atoms with Gasteiger partial charge in [-0.3, -0.25) is 10.1 Å². The van der Waals surface area contributed by atoms with E-state index < -0.39 is 5.54 Å². The molecule has 0 heterocycles. The molecule has 2 fully saturated rings. The fourth-order valence-electron chi connectivity index (χ4n) is 3.83. The second-order valence-electron chi connectivity index (χ2n) is 6.86. The summed E-state index contributed by atoms with van der Waals surface area (Å²) in [4.78, 5) is 12.5. The van der Waals surface area contributed by atoms with E-state index in [1.165, 1.54) is 32.1 Å². The minimum absolute atomic E-state index is 0.0320. The number of rotatable bonds is 6. The molecule has 0 spiro atoms. The van der Waals surface area contributed by atoms with Gasteiger partial charge in [-0.05, 0) is 59.3 Å². The van der Waals surface area contributed by atoms with Gasteiger partial charge in [0.15, 0.2) is 0 Å². The highest BCUT2D eigenvalue weighted by atomic mass is 32.2. The van der Waals surface area contributed by atoms with Crippen LogP contribution in [0.4, 0.5) is 0 Å². The van der Waals surface area contributed by atoms with Crippen molar-refractivity contribution < 1.29 is 9.53 Å². The summed E-state index contributed by atoms with van der Waals surface area (Å²) in [5.41, 5.74) is -0.446. The van der Waals surface area contributed by atoms with Crippen LogP contribution < -0.4 is 5.32 Å². The maximum absolute atomic E-state index is 12.5. The van der Waals surface area contributed by atoms with E-state index in [1.54, 1.807) is 0 Å². The van der Waals surface area contributed by atoms with Crippen molar-refractivity contribution in [2.75, 3.05) is 6.61 Å². The number of hydrogen-bond donors (Lipinski definition) is 1. The predicted octanol–water partition coefficient (Wildman–Crippen LogP) is 3.90. The highest BCUT2D eigenvalue weighted by Gasteiger charge is 2.44. The lowest BCUT2D eigenvalue weighted by Gasteiger charge is -2.41. The van der Waals surface area contributed by atoms with Crippen LogP contribution in [0.1, 0.15) is 72.1 Å². The Morgan fingerprint density at radius 2 is 1.90 bits per heavy atom. The Balaban J connectivity index is 2.02. The van der Waals surface area contributed by atoms with E-state index in [-0.39, 0.29) is 5.97 Å². The standard InChI is InChI=1S/C17H31NO2S/c1-4-20-16(19)17(18-13(2)3)11-7-10-15(12-17)21-14-8-5-6-9-14/h13-15,18H,4-12H2,1-3H3. The van der Waals surface area contributed by atoms with Crippen LogP contribution >= 0.6 is 11.8 Å². The third-order valence-corrected chi connectivity index (χ3v) is 6.27. The summed E-state index contributed by atoms with van der Waals surface area (Å²) in [6, 6.07) is 0.310. The lowest BCUT2D eigenvalue weighted by molar-refractivity contribution is -0.153. The molecule has 3 nitrogen and oxygen atoms in total. The second kappa shape index (κ2) is 7.87. The minimum Gasteiger partial charge on any atom is -0.465 e. The first kappa shape index (κ1) is 17.1. The zero-order chi connectivity index (χ0) is 15.3. The van der Waals surface area contributed by atoms with Crippen molar-refractivity contribution in [2.45, 2.75) is 94.2 Å². The summed E-state index contributed by atoms with van der Waals surface area (Å²) < 4.78 is 5.39. The molecular formula is C17H31NO2S. The zero-order valence-electron chi connectivity index (χ0n) is 13.8. The Hall–Kier alpha value is -0.220. The van der Waals surface area contributed by atoms with Crippen LogP contribution in [0.15, 0.2) is 0 Å². The SMILES string of the molecule is CCOC(=O)C1(NC(C)C)CCCC(SC2CCCC2)C1. The number of ether oxygens (including phenoxy) is 1. The van der Waals surface area contributed by atoms with E-state index in [0.29, 0.717) is 17.9 Å². The summed E-state index contributed by atoms with van der Waals surface area (Å²) in [7, 11) is 0. The Labute approximate surface area is 134 Å². The largest absolute Gasteiger partial charge is 0.465 e. The maximum Gasteiger partial charge on any atom is 0.326 e. The van der Waals surface area contributed by atoms with Crippen LogP contribution in [0.3, 0.4) is 0 Å².